The third-order valence-electron chi connectivity index (χ3n) is 3.65. The molecule has 0 atom stereocenters. The maximum absolute atomic E-state index is 13.5. The molecule has 0 unspecified atom stereocenters. The van der Waals surface area contributed by atoms with Gasteiger partial charge in [0.15, 0.2) is 9.84 Å². The molecular weight excluding hydrogens is 253 g/mol. The van der Waals surface area contributed by atoms with E-state index in [4.69, 9.17) is 5.73 Å². The zero-order chi connectivity index (χ0) is 13.4. The fraction of sp³-hybridized carbons (Fsp3) is 0.538. The summed E-state index contributed by atoms with van der Waals surface area (Å²) in [5.41, 5.74) is 6.54. The Morgan fingerprint density at radius 3 is 2.39 bits per heavy atom. The average molecular weight is 271 g/mol. The predicted molar refractivity (Wildman–Crippen MR) is 68.5 cm³/mol. The standard InChI is InChI=1S/C13H18FNO2S/c1-18(16,17)12-9-10(5-6-11(12)14)13(15)7-3-2-4-8-13/h5-6,9H,2-4,7-8,15H2,1H3. The topological polar surface area (TPSA) is 60.2 Å². The summed E-state index contributed by atoms with van der Waals surface area (Å²) in [6.07, 6.45) is 5.87. The van der Waals surface area contributed by atoms with Gasteiger partial charge in [0.1, 0.15) is 10.7 Å². The van der Waals surface area contributed by atoms with Crippen LogP contribution < -0.4 is 5.73 Å². The summed E-state index contributed by atoms with van der Waals surface area (Å²) in [6, 6.07) is 4.21. The minimum absolute atomic E-state index is 0.254. The van der Waals surface area contributed by atoms with E-state index in [2.05, 4.69) is 0 Å². The Labute approximate surface area is 107 Å². The van der Waals surface area contributed by atoms with Gasteiger partial charge in [0.25, 0.3) is 0 Å². The first kappa shape index (κ1) is 13.5. The molecule has 1 aliphatic rings. The van der Waals surface area contributed by atoms with Gasteiger partial charge < -0.3 is 5.73 Å². The van der Waals surface area contributed by atoms with Gasteiger partial charge in [-0.15, -0.1) is 0 Å². The molecule has 1 aromatic carbocycles. The molecule has 0 amide bonds. The lowest BCUT2D eigenvalue weighted by Gasteiger charge is -2.34. The van der Waals surface area contributed by atoms with E-state index in [1.165, 1.54) is 12.1 Å². The van der Waals surface area contributed by atoms with E-state index in [0.29, 0.717) is 0 Å². The lowest BCUT2D eigenvalue weighted by atomic mass is 9.77. The van der Waals surface area contributed by atoms with Crippen LogP contribution in [0, 0.1) is 5.82 Å². The van der Waals surface area contributed by atoms with Crippen molar-refractivity contribution in [1.29, 1.82) is 0 Å². The monoisotopic (exact) mass is 271 g/mol. The Morgan fingerprint density at radius 2 is 1.83 bits per heavy atom. The van der Waals surface area contributed by atoms with Gasteiger partial charge in [-0.25, -0.2) is 12.8 Å². The highest BCUT2D eigenvalue weighted by Crippen LogP contribution is 2.35. The largest absolute Gasteiger partial charge is 0.321 e. The van der Waals surface area contributed by atoms with Crippen LogP contribution in [0.2, 0.25) is 0 Å². The van der Waals surface area contributed by atoms with Crippen molar-refractivity contribution in [2.45, 2.75) is 42.5 Å². The van der Waals surface area contributed by atoms with Gasteiger partial charge in [-0.2, -0.15) is 0 Å². The zero-order valence-electron chi connectivity index (χ0n) is 10.4. The number of hydrogen-bond acceptors (Lipinski definition) is 3. The van der Waals surface area contributed by atoms with Crippen LogP contribution in [0.25, 0.3) is 0 Å². The first-order valence-corrected chi connectivity index (χ1v) is 8.01. The predicted octanol–water partition coefficient (Wildman–Crippen LogP) is 2.35. The highest BCUT2D eigenvalue weighted by Gasteiger charge is 2.30. The van der Waals surface area contributed by atoms with Gasteiger partial charge in [-0.3, -0.25) is 0 Å². The van der Waals surface area contributed by atoms with Gasteiger partial charge in [0.2, 0.25) is 0 Å². The molecule has 1 aromatic rings. The van der Waals surface area contributed by atoms with Crippen LogP contribution in [-0.2, 0) is 15.4 Å². The van der Waals surface area contributed by atoms with Crippen molar-refractivity contribution in [3.8, 4) is 0 Å². The number of rotatable bonds is 2. The fourth-order valence-corrected chi connectivity index (χ4v) is 3.33. The third kappa shape index (κ3) is 2.57. The lowest BCUT2D eigenvalue weighted by molar-refractivity contribution is 0.301. The van der Waals surface area contributed by atoms with Crippen molar-refractivity contribution in [1.82, 2.24) is 0 Å². The number of sulfone groups is 1. The molecule has 18 heavy (non-hydrogen) atoms. The van der Waals surface area contributed by atoms with Crippen molar-refractivity contribution in [2.24, 2.45) is 5.73 Å². The molecule has 1 fully saturated rings. The van der Waals surface area contributed by atoms with Crippen LogP contribution in [0.4, 0.5) is 4.39 Å². The van der Waals surface area contributed by atoms with Crippen LogP contribution in [0.1, 0.15) is 37.7 Å². The van der Waals surface area contributed by atoms with E-state index in [9.17, 15) is 12.8 Å². The van der Waals surface area contributed by atoms with Crippen LogP contribution >= 0.6 is 0 Å². The molecule has 1 aliphatic carbocycles. The Hall–Kier alpha value is -0.940. The summed E-state index contributed by atoms with van der Waals surface area (Å²) in [4.78, 5) is -0.254. The number of halogens is 1. The second-order valence-corrected chi connectivity index (χ2v) is 7.12. The maximum atomic E-state index is 13.5. The van der Waals surface area contributed by atoms with E-state index in [0.717, 1.165) is 43.9 Å². The molecule has 0 bridgehead atoms. The first-order chi connectivity index (χ1) is 8.33. The number of benzene rings is 1. The summed E-state index contributed by atoms with van der Waals surface area (Å²) in [7, 11) is -3.55. The molecule has 0 aromatic heterocycles. The number of nitrogens with two attached hydrogens (primary N) is 1. The van der Waals surface area contributed by atoms with E-state index in [1.807, 2.05) is 0 Å². The van der Waals surface area contributed by atoms with Crippen molar-refractivity contribution in [3.05, 3.63) is 29.6 Å². The Kier molecular flexibility index (Phi) is 3.47. The highest BCUT2D eigenvalue weighted by molar-refractivity contribution is 7.90. The minimum Gasteiger partial charge on any atom is -0.321 e. The molecule has 0 aliphatic heterocycles. The highest BCUT2D eigenvalue weighted by atomic mass is 32.2. The van der Waals surface area contributed by atoms with E-state index in [-0.39, 0.29) is 4.90 Å². The second-order valence-electron chi connectivity index (χ2n) is 5.13. The summed E-state index contributed by atoms with van der Waals surface area (Å²) < 4.78 is 36.6. The minimum atomic E-state index is -3.55. The smallest absolute Gasteiger partial charge is 0.178 e. The SMILES string of the molecule is CS(=O)(=O)c1cc(C2(N)CCCCC2)ccc1F. The van der Waals surface area contributed by atoms with Gasteiger partial charge in [0.05, 0.1) is 0 Å². The summed E-state index contributed by atoms with van der Waals surface area (Å²) in [5.74, 6) is -0.708. The molecule has 2 N–H and O–H groups in total. The Balaban J connectivity index is 2.47. The van der Waals surface area contributed by atoms with E-state index < -0.39 is 21.2 Å². The lowest BCUT2D eigenvalue weighted by Crippen LogP contribution is -2.38. The third-order valence-corrected chi connectivity index (χ3v) is 4.76. The van der Waals surface area contributed by atoms with Crippen LogP contribution in [0.5, 0.6) is 0 Å². The van der Waals surface area contributed by atoms with Gasteiger partial charge >= 0.3 is 0 Å². The zero-order valence-corrected chi connectivity index (χ0v) is 11.3. The van der Waals surface area contributed by atoms with E-state index >= 15 is 0 Å². The summed E-state index contributed by atoms with van der Waals surface area (Å²) in [6.45, 7) is 0. The molecule has 0 radical (unpaired) electrons. The van der Waals surface area contributed by atoms with Crippen molar-refractivity contribution in [2.75, 3.05) is 6.26 Å². The molecule has 0 heterocycles. The Morgan fingerprint density at radius 1 is 1.22 bits per heavy atom. The second kappa shape index (κ2) is 4.63. The van der Waals surface area contributed by atoms with Crippen LogP contribution in [0.15, 0.2) is 23.1 Å². The summed E-state index contributed by atoms with van der Waals surface area (Å²) >= 11 is 0. The molecule has 3 nitrogen and oxygen atoms in total. The fourth-order valence-electron chi connectivity index (χ4n) is 2.57. The first-order valence-electron chi connectivity index (χ1n) is 6.12. The van der Waals surface area contributed by atoms with Crippen LogP contribution in [0.3, 0.4) is 0 Å². The molecule has 5 heteroatoms. The molecule has 0 spiro atoms. The van der Waals surface area contributed by atoms with E-state index in [1.54, 1.807) is 6.07 Å². The summed E-state index contributed by atoms with van der Waals surface area (Å²) in [5, 5.41) is 0. The molecular formula is C13H18FNO2S. The molecule has 2 rings (SSSR count). The van der Waals surface area contributed by atoms with Gasteiger partial charge in [0, 0.05) is 11.8 Å². The molecule has 100 valence electrons. The molecule has 1 saturated carbocycles. The average Bonchev–Trinajstić information content (AvgIpc) is 2.28. The normalized spacial score (nSPS) is 19.7. The van der Waals surface area contributed by atoms with Crippen molar-refractivity contribution in [3.63, 3.8) is 0 Å². The molecule has 0 saturated heterocycles. The quantitative estimate of drug-likeness (QED) is 0.898. The van der Waals surface area contributed by atoms with Crippen molar-refractivity contribution < 1.29 is 12.8 Å². The number of hydrogen-bond donors (Lipinski definition) is 1. The van der Waals surface area contributed by atoms with Gasteiger partial charge in [-0.05, 0) is 30.5 Å². The Bertz CT molecular complexity index is 548. The van der Waals surface area contributed by atoms with Crippen molar-refractivity contribution >= 4 is 9.84 Å². The van der Waals surface area contributed by atoms with Gasteiger partial charge in [-0.1, -0.05) is 25.3 Å². The maximum Gasteiger partial charge on any atom is 0.178 e. The van der Waals surface area contributed by atoms with Crippen LogP contribution in [-0.4, -0.2) is 14.7 Å².